The molecule has 9 N–H and O–H groups in total. The van der Waals surface area contributed by atoms with Crippen molar-refractivity contribution in [3.8, 4) is 0 Å². The number of nitrogens with one attached hydrogen (secondary N) is 1. The standard InChI is InChI=1S/C28H55NO11/c1-2-3-4-5-6-7-8-9-10-11-12-13-14-15-16-29-27(38)25(36)23(34)21(32)19(31)18-39-28-26(37)24(35)22(33)20(17-30)40-28/h19-26,28,30-37H,2-18H2,1H3,(H,29,38)/t19-,20?,21-,22+,23+,24?,25-,26?,28+/m1/s1. The van der Waals surface area contributed by atoms with E-state index in [2.05, 4.69) is 12.2 Å². The Morgan fingerprint density at radius 3 is 1.75 bits per heavy atom. The average Bonchev–Trinajstić information content (AvgIpc) is 2.96. The number of carbonyl (C=O) groups is 1. The van der Waals surface area contributed by atoms with Gasteiger partial charge in [0.05, 0.1) is 13.2 Å². The predicted molar refractivity (Wildman–Crippen MR) is 147 cm³/mol. The molecule has 0 aromatic rings. The average molecular weight is 582 g/mol. The third-order valence-corrected chi connectivity index (χ3v) is 7.45. The second kappa shape index (κ2) is 21.7. The Balaban J connectivity index is 2.16. The maximum Gasteiger partial charge on any atom is 0.251 e. The molecule has 12 heteroatoms. The fourth-order valence-corrected chi connectivity index (χ4v) is 4.70. The monoisotopic (exact) mass is 581 g/mol. The van der Waals surface area contributed by atoms with Gasteiger partial charge < -0.3 is 55.6 Å². The van der Waals surface area contributed by atoms with E-state index in [0.717, 1.165) is 19.3 Å². The number of aliphatic hydroxyl groups excluding tert-OH is 8. The molecule has 0 bridgehead atoms. The van der Waals surface area contributed by atoms with Crippen molar-refractivity contribution in [3.05, 3.63) is 0 Å². The summed E-state index contributed by atoms with van der Waals surface area (Å²) in [5, 5.41) is 81.7. The van der Waals surface area contributed by atoms with Crippen LogP contribution in [-0.2, 0) is 14.3 Å². The van der Waals surface area contributed by atoms with E-state index in [-0.39, 0.29) is 0 Å². The highest BCUT2D eigenvalue weighted by Crippen LogP contribution is 2.22. The Morgan fingerprint density at radius 2 is 1.25 bits per heavy atom. The molecule has 3 unspecified atom stereocenters. The van der Waals surface area contributed by atoms with Crippen molar-refractivity contribution in [2.24, 2.45) is 0 Å². The Labute approximate surface area is 238 Å². The van der Waals surface area contributed by atoms with Gasteiger partial charge in [-0.3, -0.25) is 4.79 Å². The molecule has 1 saturated heterocycles. The van der Waals surface area contributed by atoms with Crippen molar-refractivity contribution in [1.82, 2.24) is 5.32 Å². The SMILES string of the molecule is CCCCCCCCCCCCCCCCNC(=O)[C@H](O)[C@@H](O)[C@H](O)[C@H](O)CO[C@H]1OC(CO)[C@H](O)C(O)C1O. The van der Waals surface area contributed by atoms with E-state index in [1.807, 2.05) is 0 Å². The van der Waals surface area contributed by atoms with Gasteiger partial charge in [-0.25, -0.2) is 0 Å². The summed E-state index contributed by atoms with van der Waals surface area (Å²) in [4.78, 5) is 12.2. The van der Waals surface area contributed by atoms with Crippen LogP contribution < -0.4 is 5.32 Å². The Hall–Kier alpha value is -0.930. The zero-order valence-electron chi connectivity index (χ0n) is 24.0. The van der Waals surface area contributed by atoms with E-state index < -0.39 is 74.2 Å². The maximum absolute atomic E-state index is 12.2. The molecule has 0 saturated carbocycles. The van der Waals surface area contributed by atoms with Crippen LogP contribution in [0, 0.1) is 0 Å². The first kappa shape index (κ1) is 37.1. The van der Waals surface area contributed by atoms with Gasteiger partial charge in [0.2, 0.25) is 0 Å². The van der Waals surface area contributed by atoms with E-state index >= 15 is 0 Å². The molecule has 238 valence electrons. The van der Waals surface area contributed by atoms with Crippen molar-refractivity contribution in [2.45, 2.75) is 152 Å². The molecule has 1 amide bonds. The first-order valence-electron chi connectivity index (χ1n) is 15.1. The van der Waals surface area contributed by atoms with Crippen LogP contribution in [0.5, 0.6) is 0 Å². The topological polar surface area (TPSA) is 209 Å². The summed E-state index contributed by atoms with van der Waals surface area (Å²) in [6, 6.07) is 0. The molecule has 1 rings (SSSR count). The van der Waals surface area contributed by atoms with Gasteiger partial charge in [-0.2, -0.15) is 0 Å². The van der Waals surface area contributed by atoms with Crippen LogP contribution in [0.3, 0.4) is 0 Å². The summed E-state index contributed by atoms with van der Waals surface area (Å²) < 4.78 is 10.2. The number of hydrogen-bond donors (Lipinski definition) is 9. The van der Waals surface area contributed by atoms with E-state index in [1.54, 1.807) is 0 Å². The van der Waals surface area contributed by atoms with Gasteiger partial charge in [0.1, 0.15) is 42.7 Å². The fraction of sp³-hybridized carbons (Fsp3) is 0.964. The van der Waals surface area contributed by atoms with Crippen LogP contribution in [-0.4, -0.2) is 122 Å². The van der Waals surface area contributed by atoms with Crippen molar-refractivity contribution in [3.63, 3.8) is 0 Å². The second-order valence-electron chi connectivity index (χ2n) is 10.9. The molecule has 9 atom stereocenters. The Morgan fingerprint density at radius 1 is 0.750 bits per heavy atom. The molecular formula is C28H55NO11. The summed E-state index contributed by atoms with van der Waals surface area (Å²) in [6.45, 7) is 1.15. The molecule has 0 aromatic heterocycles. The van der Waals surface area contributed by atoms with Crippen molar-refractivity contribution in [1.29, 1.82) is 0 Å². The highest BCUT2D eigenvalue weighted by Gasteiger charge is 2.44. The first-order chi connectivity index (χ1) is 19.1. The fourth-order valence-electron chi connectivity index (χ4n) is 4.70. The quantitative estimate of drug-likeness (QED) is 0.0724. The zero-order chi connectivity index (χ0) is 29.9. The molecular weight excluding hydrogens is 526 g/mol. The highest BCUT2D eigenvalue weighted by molar-refractivity contribution is 5.81. The van der Waals surface area contributed by atoms with Gasteiger partial charge in [0.25, 0.3) is 5.91 Å². The van der Waals surface area contributed by atoms with Crippen LogP contribution in [0.15, 0.2) is 0 Å². The number of rotatable bonds is 23. The smallest absolute Gasteiger partial charge is 0.251 e. The minimum absolute atomic E-state index is 0.305. The molecule has 1 aliphatic rings. The minimum atomic E-state index is -2.02. The van der Waals surface area contributed by atoms with E-state index in [4.69, 9.17) is 9.47 Å². The van der Waals surface area contributed by atoms with Crippen LogP contribution >= 0.6 is 0 Å². The lowest BCUT2D eigenvalue weighted by atomic mass is 9.99. The predicted octanol–water partition coefficient (Wildman–Crippen LogP) is -0.156. The molecule has 1 heterocycles. The lowest BCUT2D eigenvalue weighted by Gasteiger charge is -2.40. The number of hydrogen-bond acceptors (Lipinski definition) is 11. The minimum Gasteiger partial charge on any atom is -0.394 e. The second-order valence-corrected chi connectivity index (χ2v) is 10.9. The summed E-state index contributed by atoms with van der Waals surface area (Å²) in [5.74, 6) is -0.886. The first-order valence-corrected chi connectivity index (χ1v) is 15.1. The van der Waals surface area contributed by atoms with Crippen molar-refractivity contribution in [2.75, 3.05) is 19.8 Å². The largest absolute Gasteiger partial charge is 0.394 e. The normalized spacial score (nSPS) is 26.3. The van der Waals surface area contributed by atoms with Crippen molar-refractivity contribution >= 4 is 5.91 Å². The lowest BCUT2D eigenvalue weighted by molar-refractivity contribution is -0.306. The van der Waals surface area contributed by atoms with Gasteiger partial charge in [-0.1, -0.05) is 90.4 Å². The molecule has 1 fully saturated rings. The number of unbranched alkanes of at least 4 members (excludes halogenated alkanes) is 13. The zero-order valence-corrected chi connectivity index (χ0v) is 24.0. The third-order valence-electron chi connectivity index (χ3n) is 7.45. The Kier molecular flexibility index (Phi) is 20.1. The van der Waals surface area contributed by atoms with E-state index in [0.29, 0.717) is 13.0 Å². The molecule has 1 aliphatic heterocycles. The lowest BCUT2D eigenvalue weighted by Crippen LogP contribution is -2.59. The molecule has 0 spiro atoms. The van der Waals surface area contributed by atoms with Gasteiger partial charge in [0, 0.05) is 6.54 Å². The van der Waals surface area contributed by atoms with Gasteiger partial charge >= 0.3 is 0 Å². The number of amides is 1. The molecule has 0 radical (unpaired) electrons. The molecule has 0 aromatic carbocycles. The Bertz CT molecular complexity index is 641. The third kappa shape index (κ3) is 13.8. The van der Waals surface area contributed by atoms with Gasteiger partial charge in [0.15, 0.2) is 12.4 Å². The highest BCUT2D eigenvalue weighted by atomic mass is 16.7. The van der Waals surface area contributed by atoms with Crippen molar-refractivity contribution < 1.29 is 55.1 Å². The van der Waals surface area contributed by atoms with Gasteiger partial charge in [-0.05, 0) is 6.42 Å². The maximum atomic E-state index is 12.2. The molecule has 12 nitrogen and oxygen atoms in total. The van der Waals surface area contributed by atoms with Crippen LogP contribution in [0.1, 0.15) is 96.8 Å². The number of carbonyl (C=O) groups excluding carboxylic acids is 1. The van der Waals surface area contributed by atoms with Gasteiger partial charge in [-0.15, -0.1) is 0 Å². The van der Waals surface area contributed by atoms with E-state index in [1.165, 1.54) is 64.2 Å². The molecule has 40 heavy (non-hydrogen) atoms. The van der Waals surface area contributed by atoms with Crippen LogP contribution in [0.25, 0.3) is 0 Å². The van der Waals surface area contributed by atoms with E-state index in [9.17, 15) is 45.6 Å². The summed E-state index contributed by atoms with van der Waals surface area (Å²) in [7, 11) is 0. The number of aliphatic hydroxyl groups is 8. The summed E-state index contributed by atoms with van der Waals surface area (Å²) in [5.41, 5.74) is 0. The summed E-state index contributed by atoms with van der Waals surface area (Å²) in [6.07, 6.45) is 1.33. The summed E-state index contributed by atoms with van der Waals surface area (Å²) >= 11 is 0. The van der Waals surface area contributed by atoms with Crippen LogP contribution in [0.4, 0.5) is 0 Å². The van der Waals surface area contributed by atoms with Crippen LogP contribution in [0.2, 0.25) is 0 Å². The number of ether oxygens (including phenoxy) is 2. The molecule has 0 aliphatic carbocycles.